The maximum absolute atomic E-state index is 11.3. The Kier molecular flexibility index (Phi) is 3.55. The van der Waals surface area contributed by atoms with Gasteiger partial charge in [0.05, 0.1) is 17.9 Å². The Morgan fingerprint density at radius 3 is 3.19 bits per heavy atom. The van der Waals surface area contributed by atoms with Crippen molar-refractivity contribution in [3.8, 4) is 17.0 Å². The summed E-state index contributed by atoms with van der Waals surface area (Å²) < 4.78 is 5.30. The van der Waals surface area contributed by atoms with Gasteiger partial charge < -0.3 is 21.1 Å². The number of rotatable bonds is 3. The Labute approximate surface area is 124 Å². The molecule has 0 radical (unpaired) electrons. The summed E-state index contributed by atoms with van der Waals surface area (Å²) in [6.45, 7) is -0.0601. The summed E-state index contributed by atoms with van der Waals surface area (Å²) in [5.41, 5.74) is 7.38. The van der Waals surface area contributed by atoms with Gasteiger partial charge in [0.25, 0.3) is 5.91 Å². The Morgan fingerprint density at radius 2 is 2.38 bits per heavy atom. The molecule has 1 aromatic carbocycles. The summed E-state index contributed by atoms with van der Waals surface area (Å²) in [7, 11) is 0. The smallest absolute Gasteiger partial charge is 0.262 e. The number of nitrogens with one attached hydrogen (secondary N) is 2. The third-order valence-corrected chi connectivity index (χ3v) is 3.60. The second-order valence-electron chi connectivity index (χ2n) is 4.34. The summed E-state index contributed by atoms with van der Waals surface area (Å²) in [4.78, 5) is 26.9. The molecule has 1 aliphatic rings. The molecule has 2 aromatic rings. The van der Waals surface area contributed by atoms with E-state index >= 15 is 0 Å². The molecule has 0 spiro atoms. The van der Waals surface area contributed by atoms with Crippen LogP contribution in [0, 0.1) is 0 Å². The van der Waals surface area contributed by atoms with Gasteiger partial charge in [-0.15, -0.1) is 11.3 Å². The van der Waals surface area contributed by atoms with Gasteiger partial charge in [0.2, 0.25) is 5.91 Å². The third kappa shape index (κ3) is 2.86. The number of anilines is 2. The lowest BCUT2D eigenvalue weighted by atomic mass is 10.1. The predicted molar refractivity (Wildman–Crippen MR) is 79.4 cm³/mol. The fourth-order valence-corrected chi connectivity index (χ4v) is 2.61. The molecule has 0 aliphatic carbocycles. The van der Waals surface area contributed by atoms with E-state index in [9.17, 15) is 9.59 Å². The van der Waals surface area contributed by atoms with Crippen LogP contribution in [0.5, 0.6) is 5.75 Å². The van der Waals surface area contributed by atoms with Crippen LogP contribution in [0.1, 0.15) is 0 Å². The number of fused-ring (bicyclic) bond motifs is 1. The van der Waals surface area contributed by atoms with Gasteiger partial charge in [-0.2, -0.15) is 0 Å². The monoisotopic (exact) mass is 304 g/mol. The first-order valence-electron chi connectivity index (χ1n) is 6.18. The molecular weight excluding hydrogens is 292 g/mol. The van der Waals surface area contributed by atoms with E-state index in [4.69, 9.17) is 10.5 Å². The Hall–Kier alpha value is -2.45. The van der Waals surface area contributed by atoms with Crippen LogP contribution in [0.3, 0.4) is 0 Å². The van der Waals surface area contributed by atoms with Crippen molar-refractivity contribution >= 4 is 34.0 Å². The molecule has 21 heavy (non-hydrogen) atoms. The van der Waals surface area contributed by atoms with Crippen molar-refractivity contribution in [2.24, 2.45) is 5.73 Å². The topological polar surface area (TPSA) is 106 Å². The van der Waals surface area contributed by atoms with E-state index in [2.05, 4.69) is 15.6 Å². The van der Waals surface area contributed by atoms with E-state index in [0.29, 0.717) is 22.3 Å². The number of hydrogen-bond acceptors (Lipinski definition) is 6. The number of nitrogens with zero attached hydrogens (tertiary/aromatic N) is 1. The van der Waals surface area contributed by atoms with E-state index < -0.39 is 0 Å². The van der Waals surface area contributed by atoms with Crippen molar-refractivity contribution in [1.82, 2.24) is 4.98 Å². The van der Waals surface area contributed by atoms with Crippen LogP contribution in [0.15, 0.2) is 23.6 Å². The van der Waals surface area contributed by atoms with Crippen molar-refractivity contribution in [2.75, 3.05) is 23.8 Å². The fourth-order valence-electron chi connectivity index (χ4n) is 1.88. The first kappa shape index (κ1) is 13.5. The van der Waals surface area contributed by atoms with Gasteiger partial charge in [0.1, 0.15) is 5.75 Å². The highest BCUT2D eigenvalue weighted by Gasteiger charge is 2.17. The molecule has 4 N–H and O–H groups in total. The molecule has 3 rings (SSSR count). The highest BCUT2D eigenvalue weighted by Crippen LogP contribution is 2.33. The molecule has 108 valence electrons. The molecule has 0 bridgehead atoms. The number of carbonyl (C=O) groups excluding carboxylic acids is 2. The fraction of sp³-hybridized carbons (Fsp3) is 0.154. The number of thiazole rings is 1. The molecular formula is C13H12N4O3S. The highest BCUT2D eigenvalue weighted by atomic mass is 32.1. The zero-order valence-corrected chi connectivity index (χ0v) is 11.7. The molecule has 8 heteroatoms. The normalized spacial score (nSPS) is 13.1. The van der Waals surface area contributed by atoms with Crippen molar-refractivity contribution in [1.29, 1.82) is 0 Å². The Morgan fingerprint density at radius 1 is 1.52 bits per heavy atom. The quantitative estimate of drug-likeness (QED) is 0.785. The van der Waals surface area contributed by atoms with Crippen molar-refractivity contribution in [3.63, 3.8) is 0 Å². The van der Waals surface area contributed by atoms with Crippen molar-refractivity contribution in [2.45, 2.75) is 0 Å². The van der Waals surface area contributed by atoms with Crippen LogP contribution < -0.4 is 21.1 Å². The summed E-state index contributed by atoms with van der Waals surface area (Å²) >= 11 is 1.31. The standard InChI is InChI=1S/C13H12N4O3S/c14-4-11(18)17-13-16-9(6-21-13)7-1-2-10-8(3-7)15-12(19)5-20-10/h1-3,6H,4-5,14H2,(H,15,19)(H,16,17,18). The lowest BCUT2D eigenvalue weighted by molar-refractivity contribution is -0.118. The van der Waals surface area contributed by atoms with E-state index in [1.807, 2.05) is 11.4 Å². The molecule has 2 heterocycles. The molecule has 1 aromatic heterocycles. The highest BCUT2D eigenvalue weighted by molar-refractivity contribution is 7.14. The second-order valence-corrected chi connectivity index (χ2v) is 5.20. The second kappa shape index (κ2) is 5.51. The van der Waals surface area contributed by atoms with Crippen LogP contribution in [0.25, 0.3) is 11.3 Å². The van der Waals surface area contributed by atoms with E-state index in [0.717, 1.165) is 5.56 Å². The first-order valence-corrected chi connectivity index (χ1v) is 7.06. The summed E-state index contributed by atoms with van der Waals surface area (Å²) in [6.07, 6.45) is 0. The lowest BCUT2D eigenvalue weighted by Crippen LogP contribution is -2.25. The average Bonchev–Trinajstić information content (AvgIpc) is 2.94. The summed E-state index contributed by atoms with van der Waals surface area (Å²) in [6, 6.07) is 5.41. The molecule has 0 fully saturated rings. The maximum Gasteiger partial charge on any atom is 0.262 e. The van der Waals surface area contributed by atoms with Gasteiger partial charge in [0, 0.05) is 10.9 Å². The molecule has 0 atom stereocenters. The number of benzene rings is 1. The zero-order valence-electron chi connectivity index (χ0n) is 10.9. The summed E-state index contributed by atoms with van der Waals surface area (Å²) in [5, 5.41) is 7.65. The maximum atomic E-state index is 11.3. The molecule has 0 saturated carbocycles. The molecule has 2 amide bonds. The molecule has 1 aliphatic heterocycles. The Bertz CT molecular complexity index is 713. The SMILES string of the molecule is NCC(=O)Nc1nc(-c2ccc3c(c2)NC(=O)CO3)cs1. The van der Waals surface area contributed by atoms with E-state index in [-0.39, 0.29) is 25.0 Å². The van der Waals surface area contributed by atoms with Gasteiger partial charge in [-0.1, -0.05) is 0 Å². The minimum Gasteiger partial charge on any atom is -0.482 e. The van der Waals surface area contributed by atoms with E-state index in [1.54, 1.807) is 12.1 Å². The lowest BCUT2D eigenvalue weighted by Gasteiger charge is -2.18. The number of hydrogen-bond donors (Lipinski definition) is 3. The van der Waals surface area contributed by atoms with Crippen LogP contribution in [-0.4, -0.2) is 29.9 Å². The molecule has 7 nitrogen and oxygen atoms in total. The third-order valence-electron chi connectivity index (χ3n) is 2.84. The van der Waals surface area contributed by atoms with E-state index in [1.165, 1.54) is 11.3 Å². The van der Waals surface area contributed by atoms with Gasteiger partial charge in [-0.25, -0.2) is 4.98 Å². The van der Waals surface area contributed by atoms with Crippen molar-refractivity contribution < 1.29 is 14.3 Å². The average molecular weight is 304 g/mol. The Balaban J connectivity index is 1.85. The van der Waals surface area contributed by atoms with Crippen molar-refractivity contribution in [3.05, 3.63) is 23.6 Å². The number of carbonyl (C=O) groups is 2. The zero-order chi connectivity index (χ0) is 14.8. The number of amides is 2. The summed E-state index contributed by atoms with van der Waals surface area (Å²) in [5.74, 6) is 0.154. The van der Waals surface area contributed by atoms with Gasteiger partial charge >= 0.3 is 0 Å². The van der Waals surface area contributed by atoms with Gasteiger partial charge in [-0.05, 0) is 18.2 Å². The number of nitrogens with two attached hydrogens (primary N) is 1. The van der Waals surface area contributed by atoms with Crippen LogP contribution >= 0.6 is 11.3 Å². The van der Waals surface area contributed by atoms with Crippen LogP contribution in [0.4, 0.5) is 10.8 Å². The largest absolute Gasteiger partial charge is 0.482 e. The molecule has 0 saturated heterocycles. The minimum atomic E-state index is -0.290. The predicted octanol–water partition coefficient (Wildman–Crippen LogP) is 1.04. The van der Waals surface area contributed by atoms with Crippen LogP contribution in [-0.2, 0) is 9.59 Å². The van der Waals surface area contributed by atoms with Gasteiger partial charge in [-0.3, -0.25) is 9.59 Å². The first-order chi connectivity index (χ1) is 10.2. The van der Waals surface area contributed by atoms with Gasteiger partial charge in [0.15, 0.2) is 11.7 Å². The number of ether oxygens (including phenoxy) is 1. The molecule has 0 unspecified atom stereocenters. The minimum absolute atomic E-state index is 0.0261. The van der Waals surface area contributed by atoms with Crippen LogP contribution in [0.2, 0.25) is 0 Å². The number of aromatic nitrogens is 1.